The van der Waals surface area contributed by atoms with E-state index in [0.717, 1.165) is 17.6 Å². The van der Waals surface area contributed by atoms with Crippen molar-refractivity contribution >= 4 is 0 Å². The third-order valence-electron chi connectivity index (χ3n) is 2.06. The van der Waals surface area contributed by atoms with E-state index >= 15 is 0 Å². The Hall–Kier alpha value is -0.630. The molecule has 2 heteroatoms. The Morgan fingerprint density at radius 2 is 2.18 bits per heavy atom. The van der Waals surface area contributed by atoms with Crippen molar-refractivity contribution in [3.63, 3.8) is 0 Å². The molecule has 0 aromatic rings. The quantitative estimate of drug-likeness (QED) is 0.615. The number of hydrogen-bond donors (Lipinski definition) is 1. The molecule has 62 valence electrons. The van der Waals surface area contributed by atoms with E-state index in [9.17, 15) is 4.39 Å². The van der Waals surface area contributed by atoms with Gasteiger partial charge in [-0.2, -0.15) is 0 Å². The van der Waals surface area contributed by atoms with Gasteiger partial charge in [0.1, 0.15) is 6.17 Å². The molecule has 0 saturated carbocycles. The maximum atomic E-state index is 12.9. The summed E-state index contributed by atoms with van der Waals surface area (Å²) in [4.78, 5) is 0. The fourth-order valence-corrected chi connectivity index (χ4v) is 1.32. The smallest absolute Gasteiger partial charge is 0.137 e. The zero-order valence-electron chi connectivity index (χ0n) is 6.97. The zero-order valence-corrected chi connectivity index (χ0v) is 6.97. The summed E-state index contributed by atoms with van der Waals surface area (Å²) in [6.45, 7) is 3.99. The third kappa shape index (κ3) is 1.69. The molecule has 2 atom stereocenters. The van der Waals surface area contributed by atoms with E-state index in [4.69, 9.17) is 5.73 Å². The fraction of sp³-hybridized carbons (Fsp3) is 0.556. The number of hydrogen-bond acceptors (Lipinski definition) is 1. The monoisotopic (exact) mass is 155 g/mol. The van der Waals surface area contributed by atoms with Crippen molar-refractivity contribution in [2.75, 3.05) is 0 Å². The van der Waals surface area contributed by atoms with Gasteiger partial charge in [-0.15, -0.1) is 0 Å². The van der Waals surface area contributed by atoms with Crippen molar-refractivity contribution in [2.24, 2.45) is 5.73 Å². The van der Waals surface area contributed by atoms with E-state index < -0.39 is 12.2 Å². The van der Waals surface area contributed by atoms with Gasteiger partial charge in [0.2, 0.25) is 0 Å². The standard InChI is InChI=1S/C9H14FN/c1-3-7-5-8(10)9(11)4-6(7)2/h4-5,8-9H,3,11H2,1-2H3. The van der Waals surface area contributed by atoms with E-state index in [1.165, 1.54) is 0 Å². The van der Waals surface area contributed by atoms with Crippen LogP contribution in [-0.2, 0) is 0 Å². The predicted molar refractivity (Wildman–Crippen MR) is 45.0 cm³/mol. The minimum atomic E-state index is -0.992. The minimum Gasteiger partial charge on any atom is -0.322 e. The van der Waals surface area contributed by atoms with Gasteiger partial charge in [0.15, 0.2) is 0 Å². The number of halogens is 1. The summed E-state index contributed by atoms with van der Waals surface area (Å²) >= 11 is 0. The third-order valence-corrected chi connectivity index (χ3v) is 2.06. The van der Waals surface area contributed by atoms with Crippen molar-refractivity contribution in [1.29, 1.82) is 0 Å². The lowest BCUT2D eigenvalue weighted by molar-refractivity contribution is 0.365. The first-order chi connectivity index (χ1) is 5.15. The molecule has 0 bridgehead atoms. The molecule has 0 aromatic carbocycles. The molecule has 0 fully saturated rings. The maximum Gasteiger partial charge on any atom is 0.137 e. The van der Waals surface area contributed by atoms with Crippen molar-refractivity contribution in [3.8, 4) is 0 Å². The highest BCUT2D eigenvalue weighted by Crippen LogP contribution is 2.21. The molecule has 1 nitrogen and oxygen atoms in total. The lowest BCUT2D eigenvalue weighted by Crippen LogP contribution is -2.30. The Bertz CT molecular complexity index is 206. The molecule has 2 unspecified atom stereocenters. The van der Waals surface area contributed by atoms with Crippen LogP contribution in [0.1, 0.15) is 20.3 Å². The number of alkyl halides is 1. The van der Waals surface area contributed by atoms with Gasteiger partial charge < -0.3 is 5.73 Å². The summed E-state index contributed by atoms with van der Waals surface area (Å²) in [5, 5.41) is 0. The first kappa shape index (κ1) is 8.47. The van der Waals surface area contributed by atoms with Crippen LogP contribution in [0.3, 0.4) is 0 Å². The number of nitrogens with two attached hydrogens (primary N) is 1. The molecule has 1 aliphatic rings. The van der Waals surface area contributed by atoms with Gasteiger partial charge in [-0.3, -0.25) is 0 Å². The lowest BCUT2D eigenvalue weighted by Gasteiger charge is -2.19. The summed E-state index contributed by atoms with van der Waals surface area (Å²) in [5.41, 5.74) is 7.69. The molecule has 0 aromatic heterocycles. The van der Waals surface area contributed by atoms with Crippen LogP contribution >= 0.6 is 0 Å². The van der Waals surface area contributed by atoms with Gasteiger partial charge in [0, 0.05) is 0 Å². The highest BCUT2D eigenvalue weighted by atomic mass is 19.1. The van der Waals surface area contributed by atoms with Crippen LogP contribution in [0.5, 0.6) is 0 Å². The van der Waals surface area contributed by atoms with Crippen molar-refractivity contribution < 1.29 is 4.39 Å². The summed E-state index contributed by atoms with van der Waals surface area (Å²) in [6.07, 6.45) is 3.31. The highest BCUT2D eigenvalue weighted by molar-refractivity contribution is 5.35. The molecule has 0 heterocycles. The Balaban J connectivity index is 2.82. The van der Waals surface area contributed by atoms with E-state index in [1.54, 1.807) is 12.2 Å². The first-order valence-corrected chi connectivity index (χ1v) is 3.94. The normalized spacial score (nSPS) is 31.3. The summed E-state index contributed by atoms with van der Waals surface area (Å²) in [7, 11) is 0. The molecule has 0 aliphatic heterocycles. The largest absolute Gasteiger partial charge is 0.322 e. The van der Waals surface area contributed by atoms with E-state index in [2.05, 4.69) is 0 Å². The van der Waals surface area contributed by atoms with Gasteiger partial charge in [0.25, 0.3) is 0 Å². The Kier molecular flexibility index (Phi) is 2.45. The van der Waals surface area contributed by atoms with Crippen LogP contribution in [0.2, 0.25) is 0 Å². The topological polar surface area (TPSA) is 26.0 Å². The molecule has 11 heavy (non-hydrogen) atoms. The molecular weight excluding hydrogens is 141 g/mol. The van der Waals surface area contributed by atoms with Gasteiger partial charge in [-0.05, 0) is 25.0 Å². The number of allylic oxidation sites excluding steroid dienone is 2. The predicted octanol–water partition coefficient (Wildman–Crippen LogP) is 1.95. The maximum absolute atomic E-state index is 12.9. The van der Waals surface area contributed by atoms with E-state index in [1.807, 2.05) is 13.8 Å². The Morgan fingerprint density at radius 3 is 2.73 bits per heavy atom. The molecule has 0 radical (unpaired) electrons. The van der Waals surface area contributed by atoms with Gasteiger partial charge >= 0.3 is 0 Å². The Labute approximate surface area is 66.8 Å². The second-order valence-corrected chi connectivity index (χ2v) is 2.92. The van der Waals surface area contributed by atoms with Crippen LogP contribution in [0.25, 0.3) is 0 Å². The average Bonchev–Trinajstić information content (AvgIpc) is 1.97. The second kappa shape index (κ2) is 3.18. The van der Waals surface area contributed by atoms with E-state index in [-0.39, 0.29) is 0 Å². The lowest BCUT2D eigenvalue weighted by atomic mass is 9.94. The van der Waals surface area contributed by atoms with Crippen molar-refractivity contribution in [2.45, 2.75) is 32.5 Å². The average molecular weight is 155 g/mol. The molecule has 2 N–H and O–H groups in total. The molecule has 1 rings (SSSR count). The van der Waals surface area contributed by atoms with Crippen LogP contribution in [-0.4, -0.2) is 12.2 Å². The van der Waals surface area contributed by atoms with Crippen molar-refractivity contribution in [3.05, 3.63) is 23.3 Å². The fourth-order valence-electron chi connectivity index (χ4n) is 1.32. The van der Waals surface area contributed by atoms with Crippen LogP contribution < -0.4 is 5.73 Å². The van der Waals surface area contributed by atoms with E-state index in [0.29, 0.717) is 0 Å². The van der Waals surface area contributed by atoms with Crippen molar-refractivity contribution in [1.82, 2.24) is 0 Å². The molecule has 0 spiro atoms. The molecule has 0 amide bonds. The SMILES string of the molecule is CCC1=CC(F)C(N)C=C1C. The number of rotatable bonds is 1. The zero-order chi connectivity index (χ0) is 8.43. The summed E-state index contributed by atoms with van der Waals surface area (Å²) in [6, 6.07) is -0.440. The first-order valence-electron chi connectivity index (χ1n) is 3.94. The summed E-state index contributed by atoms with van der Waals surface area (Å²) < 4.78 is 12.9. The second-order valence-electron chi connectivity index (χ2n) is 2.92. The van der Waals surface area contributed by atoms with Crippen LogP contribution in [0.4, 0.5) is 4.39 Å². The Morgan fingerprint density at radius 1 is 1.55 bits per heavy atom. The molecular formula is C9H14FN. The van der Waals surface area contributed by atoms with Crippen LogP contribution in [0.15, 0.2) is 23.3 Å². The summed E-state index contributed by atoms with van der Waals surface area (Å²) in [5.74, 6) is 0. The molecule has 0 saturated heterocycles. The van der Waals surface area contributed by atoms with Crippen LogP contribution in [0, 0.1) is 0 Å². The molecule has 1 aliphatic carbocycles. The van der Waals surface area contributed by atoms with Gasteiger partial charge in [-0.1, -0.05) is 18.6 Å². The minimum absolute atomic E-state index is 0.440. The van der Waals surface area contributed by atoms with Gasteiger partial charge in [-0.25, -0.2) is 4.39 Å². The highest BCUT2D eigenvalue weighted by Gasteiger charge is 2.17. The van der Waals surface area contributed by atoms with Gasteiger partial charge in [0.05, 0.1) is 6.04 Å².